The van der Waals surface area contributed by atoms with Crippen molar-refractivity contribution >= 4 is 23.5 Å². The quantitative estimate of drug-likeness (QED) is 0.647. The standard InChI is InChI=1S/C24H27N3O5/c1-4-15(2)17-6-8-18(9-7-17)25-21(28)13-27-22(29)24(3,26-23(27)30)12-16-5-10-19-20(11-16)32-14-31-19/h5-11,15H,4,12-14H2,1-3H3,(H,25,28)(H,26,30). The lowest BCUT2D eigenvalue weighted by atomic mass is 9.92. The minimum absolute atomic E-state index is 0.162. The van der Waals surface area contributed by atoms with Gasteiger partial charge in [-0.05, 0) is 54.7 Å². The van der Waals surface area contributed by atoms with Crippen LogP contribution in [0.1, 0.15) is 44.2 Å². The summed E-state index contributed by atoms with van der Waals surface area (Å²) < 4.78 is 10.7. The molecule has 0 saturated carbocycles. The van der Waals surface area contributed by atoms with E-state index in [0.29, 0.717) is 23.1 Å². The number of rotatable bonds is 7. The molecule has 8 nitrogen and oxygen atoms in total. The molecule has 2 aromatic rings. The monoisotopic (exact) mass is 437 g/mol. The number of fused-ring (bicyclic) bond motifs is 1. The maximum absolute atomic E-state index is 13.0. The third-order valence-electron chi connectivity index (χ3n) is 6.02. The fraction of sp³-hybridized carbons (Fsp3) is 0.375. The third kappa shape index (κ3) is 4.26. The Morgan fingerprint density at radius 1 is 1.16 bits per heavy atom. The number of ether oxygens (including phenoxy) is 2. The maximum Gasteiger partial charge on any atom is 0.325 e. The number of nitrogens with one attached hydrogen (secondary N) is 2. The van der Waals surface area contributed by atoms with Crippen LogP contribution in [-0.2, 0) is 16.0 Å². The summed E-state index contributed by atoms with van der Waals surface area (Å²) in [4.78, 5) is 39.0. The fourth-order valence-corrected chi connectivity index (χ4v) is 3.94. The highest BCUT2D eigenvalue weighted by Gasteiger charge is 2.48. The van der Waals surface area contributed by atoms with E-state index in [2.05, 4.69) is 24.5 Å². The van der Waals surface area contributed by atoms with E-state index in [1.165, 1.54) is 5.56 Å². The second kappa shape index (κ2) is 8.53. The molecule has 2 atom stereocenters. The lowest BCUT2D eigenvalue weighted by Gasteiger charge is -2.22. The first-order valence-corrected chi connectivity index (χ1v) is 10.7. The summed E-state index contributed by atoms with van der Waals surface area (Å²) in [6.45, 7) is 5.73. The highest BCUT2D eigenvalue weighted by molar-refractivity contribution is 6.10. The first-order chi connectivity index (χ1) is 15.3. The van der Waals surface area contributed by atoms with E-state index in [1.54, 1.807) is 19.1 Å². The predicted molar refractivity (Wildman–Crippen MR) is 119 cm³/mol. The van der Waals surface area contributed by atoms with Crippen LogP contribution in [0.2, 0.25) is 0 Å². The van der Waals surface area contributed by atoms with Crippen molar-refractivity contribution in [2.45, 2.75) is 45.1 Å². The summed E-state index contributed by atoms with van der Waals surface area (Å²) >= 11 is 0. The highest BCUT2D eigenvalue weighted by Crippen LogP contribution is 2.34. The van der Waals surface area contributed by atoms with Gasteiger partial charge in [-0.3, -0.25) is 14.5 Å². The Hall–Kier alpha value is -3.55. The van der Waals surface area contributed by atoms with Gasteiger partial charge in [-0.1, -0.05) is 32.0 Å². The molecule has 0 bridgehead atoms. The van der Waals surface area contributed by atoms with E-state index in [9.17, 15) is 14.4 Å². The summed E-state index contributed by atoms with van der Waals surface area (Å²) in [5.74, 6) is 0.822. The van der Waals surface area contributed by atoms with Gasteiger partial charge in [0.1, 0.15) is 12.1 Å². The second-order valence-electron chi connectivity index (χ2n) is 8.50. The maximum atomic E-state index is 13.0. The zero-order valence-corrected chi connectivity index (χ0v) is 18.4. The summed E-state index contributed by atoms with van der Waals surface area (Å²) in [5.41, 5.74) is 1.48. The van der Waals surface area contributed by atoms with Gasteiger partial charge in [-0.25, -0.2) is 4.79 Å². The van der Waals surface area contributed by atoms with Gasteiger partial charge in [-0.15, -0.1) is 0 Å². The lowest BCUT2D eigenvalue weighted by molar-refractivity contribution is -0.133. The van der Waals surface area contributed by atoms with Crippen LogP contribution in [0, 0.1) is 0 Å². The van der Waals surface area contributed by atoms with Crippen LogP contribution in [0.4, 0.5) is 10.5 Å². The summed E-state index contributed by atoms with van der Waals surface area (Å²) in [6, 6.07) is 12.4. The predicted octanol–water partition coefficient (Wildman–Crippen LogP) is 3.42. The third-order valence-corrected chi connectivity index (χ3v) is 6.02. The van der Waals surface area contributed by atoms with Gasteiger partial charge in [0, 0.05) is 12.1 Å². The normalized spacial score (nSPS) is 20.3. The van der Waals surface area contributed by atoms with Crippen LogP contribution in [0.15, 0.2) is 42.5 Å². The van der Waals surface area contributed by atoms with E-state index < -0.39 is 23.4 Å². The van der Waals surface area contributed by atoms with Crippen molar-refractivity contribution in [2.75, 3.05) is 18.7 Å². The first-order valence-electron chi connectivity index (χ1n) is 10.7. The summed E-state index contributed by atoms with van der Waals surface area (Å²) in [7, 11) is 0. The molecule has 2 N–H and O–H groups in total. The molecular weight excluding hydrogens is 410 g/mol. The van der Waals surface area contributed by atoms with Crippen molar-refractivity contribution in [3.8, 4) is 11.5 Å². The Labute approximate surface area is 186 Å². The molecular formula is C24H27N3O5. The van der Waals surface area contributed by atoms with E-state index in [0.717, 1.165) is 16.9 Å². The molecule has 1 fully saturated rings. The first kappa shape index (κ1) is 21.7. The molecule has 2 aliphatic heterocycles. The van der Waals surface area contributed by atoms with Gasteiger partial charge in [0.25, 0.3) is 5.91 Å². The number of nitrogens with zero attached hydrogens (tertiary/aromatic N) is 1. The Balaban J connectivity index is 1.39. The molecule has 32 heavy (non-hydrogen) atoms. The van der Waals surface area contributed by atoms with Crippen LogP contribution in [0.3, 0.4) is 0 Å². The number of benzene rings is 2. The van der Waals surface area contributed by atoms with Gasteiger partial charge >= 0.3 is 6.03 Å². The van der Waals surface area contributed by atoms with E-state index in [4.69, 9.17) is 9.47 Å². The smallest absolute Gasteiger partial charge is 0.325 e. The minimum Gasteiger partial charge on any atom is -0.454 e. The van der Waals surface area contributed by atoms with E-state index in [-0.39, 0.29) is 19.8 Å². The minimum atomic E-state index is -1.15. The fourth-order valence-electron chi connectivity index (χ4n) is 3.94. The van der Waals surface area contributed by atoms with Crippen LogP contribution >= 0.6 is 0 Å². The van der Waals surface area contributed by atoms with Crippen molar-refractivity contribution in [1.82, 2.24) is 10.2 Å². The zero-order valence-electron chi connectivity index (χ0n) is 18.4. The van der Waals surface area contributed by atoms with Gasteiger partial charge in [-0.2, -0.15) is 0 Å². The van der Waals surface area contributed by atoms with Crippen LogP contribution < -0.4 is 20.1 Å². The largest absolute Gasteiger partial charge is 0.454 e. The molecule has 8 heteroatoms. The molecule has 4 rings (SSSR count). The number of amides is 4. The zero-order chi connectivity index (χ0) is 22.9. The number of imide groups is 1. The average Bonchev–Trinajstić information content (AvgIpc) is 3.31. The number of anilines is 1. The Kier molecular flexibility index (Phi) is 5.78. The summed E-state index contributed by atoms with van der Waals surface area (Å²) in [5, 5.41) is 5.48. The lowest BCUT2D eigenvalue weighted by Crippen LogP contribution is -2.46. The number of hydrogen-bond donors (Lipinski definition) is 2. The van der Waals surface area contributed by atoms with Gasteiger partial charge in [0.05, 0.1) is 0 Å². The molecule has 0 aliphatic carbocycles. The van der Waals surface area contributed by atoms with Crippen molar-refractivity contribution in [3.05, 3.63) is 53.6 Å². The second-order valence-corrected chi connectivity index (χ2v) is 8.50. The molecule has 2 unspecified atom stereocenters. The summed E-state index contributed by atoms with van der Waals surface area (Å²) in [6.07, 6.45) is 1.30. The van der Waals surface area contributed by atoms with Gasteiger partial charge in [0.2, 0.25) is 12.7 Å². The molecule has 0 spiro atoms. The SMILES string of the molecule is CCC(C)c1ccc(NC(=O)CN2C(=O)NC(C)(Cc3ccc4c(c3)OCO4)C2=O)cc1. The molecule has 0 radical (unpaired) electrons. The number of carbonyl (C=O) groups excluding carboxylic acids is 3. The van der Waals surface area contributed by atoms with Gasteiger partial charge < -0.3 is 20.1 Å². The number of carbonyl (C=O) groups is 3. The molecule has 2 aromatic carbocycles. The average molecular weight is 437 g/mol. The van der Waals surface area contributed by atoms with Crippen molar-refractivity contribution in [3.63, 3.8) is 0 Å². The van der Waals surface area contributed by atoms with Crippen LogP contribution in [0.5, 0.6) is 11.5 Å². The molecule has 2 aliphatic rings. The Bertz CT molecular complexity index is 1050. The number of urea groups is 1. The van der Waals surface area contributed by atoms with Crippen LogP contribution in [0.25, 0.3) is 0 Å². The van der Waals surface area contributed by atoms with Gasteiger partial charge in [0.15, 0.2) is 11.5 Å². The Morgan fingerprint density at radius 2 is 1.88 bits per heavy atom. The molecule has 1 saturated heterocycles. The molecule has 4 amide bonds. The Morgan fingerprint density at radius 3 is 2.59 bits per heavy atom. The molecule has 0 aromatic heterocycles. The van der Waals surface area contributed by atoms with Crippen LogP contribution in [-0.4, -0.2) is 41.6 Å². The molecule has 168 valence electrons. The topological polar surface area (TPSA) is 97.0 Å². The van der Waals surface area contributed by atoms with E-state index >= 15 is 0 Å². The number of hydrogen-bond acceptors (Lipinski definition) is 5. The molecule has 2 heterocycles. The van der Waals surface area contributed by atoms with Crippen molar-refractivity contribution in [2.24, 2.45) is 0 Å². The highest BCUT2D eigenvalue weighted by atomic mass is 16.7. The van der Waals surface area contributed by atoms with Crippen molar-refractivity contribution in [1.29, 1.82) is 0 Å². The van der Waals surface area contributed by atoms with E-state index in [1.807, 2.05) is 30.3 Å². The van der Waals surface area contributed by atoms with Crippen molar-refractivity contribution < 1.29 is 23.9 Å².